The van der Waals surface area contributed by atoms with E-state index in [2.05, 4.69) is 5.32 Å². The van der Waals surface area contributed by atoms with Crippen molar-refractivity contribution in [3.8, 4) is 11.5 Å². The summed E-state index contributed by atoms with van der Waals surface area (Å²) >= 11 is 0. The lowest BCUT2D eigenvalue weighted by molar-refractivity contribution is -0.138. The molecule has 1 unspecified atom stereocenters. The van der Waals surface area contributed by atoms with Crippen molar-refractivity contribution in [3.63, 3.8) is 0 Å². The normalized spacial score (nSPS) is 14.4. The van der Waals surface area contributed by atoms with E-state index in [4.69, 9.17) is 9.47 Å². The van der Waals surface area contributed by atoms with Crippen molar-refractivity contribution in [2.75, 3.05) is 23.6 Å². The quantitative estimate of drug-likeness (QED) is 0.497. The summed E-state index contributed by atoms with van der Waals surface area (Å²) in [4.78, 5) is 54.1. The Hall–Kier alpha value is -4.73. The third-order valence-corrected chi connectivity index (χ3v) is 6.25. The standard InChI is InChI=1S/C27H22FN3O6/c1-16(26(34)29-19-10-11-22-23(12-19)37-15-36-22)30(13-17-6-8-18(28)9-7-17)24(32)14-31-21-5-3-2-4-20(21)25(33)27(31)35/h2-12,16H,13-15H2,1H3,(H,29,34). The molecule has 0 aromatic heterocycles. The number of amides is 3. The first-order valence-corrected chi connectivity index (χ1v) is 11.5. The van der Waals surface area contributed by atoms with E-state index in [1.54, 1.807) is 43.3 Å². The van der Waals surface area contributed by atoms with E-state index in [0.29, 0.717) is 28.4 Å². The number of nitrogens with one attached hydrogen (secondary N) is 1. The maximum absolute atomic E-state index is 13.5. The topological polar surface area (TPSA) is 105 Å². The molecular formula is C27H22FN3O6. The number of ketones is 1. The molecule has 3 amide bonds. The van der Waals surface area contributed by atoms with Crippen molar-refractivity contribution in [2.45, 2.75) is 19.5 Å². The second-order valence-electron chi connectivity index (χ2n) is 8.62. The van der Waals surface area contributed by atoms with Gasteiger partial charge in [-0.3, -0.25) is 24.1 Å². The Bertz CT molecular complexity index is 1410. The molecule has 9 nitrogen and oxygen atoms in total. The highest BCUT2D eigenvalue weighted by molar-refractivity contribution is 6.52. The average molecular weight is 503 g/mol. The van der Waals surface area contributed by atoms with E-state index < -0.39 is 41.9 Å². The summed E-state index contributed by atoms with van der Waals surface area (Å²) in [5.74, 6) is -1.94. The maximum atomic E-state index is 13.5. The second-order valence-corrected chi connectivity index (χ2v) is 8.62. The minimum atomic E-state index is -0.980. The van der Waals surface area contributed by atoms with E-state index in [9.17, 15) is 23.6 Å². The molecule has 1 N–H and O–H groups in total. The number of carbonyl (C=O) groups excluding carboxylic acids is 4. The molecular weight excluding hydrogens is 481 g/mol. The minimum Gasteiger partial charge on any atom is -0.454 e. The summed E-state index contributed by atoms with van der Waals surface area (Å²) in [6.45, 7) is 1.18. The summed E-state index contributed by atoms with van der Waals surface area (Å²) in [6.07, 6.45) is 0. The summed E-state index contributed by atoms with van der Waals surface area (Å²) in [5, 5.41) is 2.76. The van der Waals surface area contributed by atoms with Crippen molar-refractivity contribution in [1.82, 2.24) is 4.90 Å². The number of fused-ring (bicyclic) bond motifs is 2. The van der Waals surface area contributed by atoms with Gasteiger partial charge in [0.25, 0.3) is 11.7 Å². The smallest absolute Gasteiger partial charge is 0.299 e. The van der Waals surface area contributed by atoms with E-state index >= 15 is 0 Å². The van der Waals surface area contributed by atoms with Crippen LogP contribution in [-0.2, 0) is 20.9 Å². The fourth-order valence-corrected chi connectivity index (χ4v) is 4.22. The number of halogens is 1. The number of carbonyl (C=O) groups is 4. The van der Waals surface area contributed by atoms with Crippen LogP contribution in [0.5, 0.6) is 11.5 Å². The van der Waals surface area contributed by atoms with Gasteiger partial charge < -0.3 is 19.7 Å². The fraction of sp³-hybridized carbons (Fsp3) is 0.185. The number of hydrogen-bond donors (Lipinski definition) is 1. The van der Waals surface area contributed by atoms with Crippen molar-refractivity contribution in [2.24, 2.45) is 0 Å². The first-order valence-electron chi connectivity index (χ1n) is 11.5. The Morgan fingerprint density at radius 1 is 1.03 bits per heavy atom. The van der Waals surface area contributed by atoms with Gasteiger partial charge in [0, 0.05) is 18.3 Å². The van der Waals surface area contributed by atoms with Crippen LogP contribution in [0.1, 0.15) is 22.8 Å². The number of nitrogens with zero attached hydrogens (tertiary/aromatic N) is 2. The molecule has 2 aliphatic rings. The van der Waals surface area contributed by atoms with E-state index in [1.165, 1.54) is 35.2 Å². The Labute approximate surface area is 211 Å². The molecule has 0 bridgehead atoms. The lowest BCUT2D eigenvalue weighted by Crippen LogP contribution is -2.49. The SMILES string of the molecule is CC(C(=O)Nc1ccc2c(c1)OCO2)N(Cc1ccc(F)cc1)C(=O)CN1C(=O)C(=O)c2ccccc21. The molecule has 2 aliphatic heterocycles. The van der Waals surface area contributed by atoms with Gasteiger partial charge in [-0.25, -0.2) is 4.39 Å². The van der Waals surface area contributed by atoms with Crippen LogP contribution >= 0.6 is 0 Å². The lowest BCUT2D eigenvalue weighted by Gasteiger charge is -2.30. The third kappa shape index (κ3) is 4.73. The molecule has 2 heterocycles. The first-order chi connectivity index (χ1) is 17.8. The van der Waals surface area contributed by atoms with E-state index in [-0.39, 0.29) is 18.9 Å². The molecule has 188 valence electrons. The number of benzene rings is 3. The van der Waals surface area contributed by atoms with Gasteiger partial charge in [0.15, 0.2) is 11.5 Å². The van der Waals surface area contributed by atoms with Gasteiger partial charge in [-0.15, -0.1) is 0 Å². The van der Waals surface area contributed by atoms with Crippen LogP contribution in [0.15, 0.2) is 66.7 Å². The van der Waals surface area contributed by atoms with Gasteiger partial charge in [-0.2, -0.15) is 0 Å². The van der Waals surface area contributed by atoms with Crippen molar-refractivity contribution in [1.29, 1.82) is 0 Å². The molecule has 5 rings (SSSR count). The summed E-state index contributed by atoms with van der Waals surface area (Å²) < 4.78 is 24.1. The zero-order valence-electron chi connectivity index (χ0n) is 19.8. The summed E-state index contributed by atoms with van der Waals surface area (Å²) in [6, 6.07) is 15.9. The van der Waals surface area contributed by atoms with Crippen LogP contribution in [-0.4, -0.2) is 47.8 Å². The summed E-state index contributed by atoms with van der Waals surface area (Å²) in [5.41, 5.74) is 1.59. The lowest BCUT2D eigenvalue weighted by atomic mass is 10.1. The molecule has 0 saturated carbocycles. The Kier molecular flexibility index (Phi) is 6.31. The minimum absolute atomic E-state index is 0.0214. The predicted molar refractivity (Wildman–Crippen MR) is 131 cm³/mol. The molecule has 0 radical (unpaired) electrons. The molecule has 3 aromatic rings. The van der Waals surface area contributed by atoms with Crippen molar-refractivity contribution in [3.05, 3.63) is 83.7 Å². The summed E-state index contributed by atoms with van der Waals surface area (Å²) in [7, 11) is 0. The Balaban J connectivity index is 1.38. The van der Waals surface area contributed by atoms with Gasteiger partial charge >= 0.3 is 0 Å². The highest BCUT2D eigenvalue weighted by atomic mass is 19.1. The second kappa shape index (κ2) is 9.73. The molecule has 37 heavy (non-hydrogen) atoms. The van der Waals surface area contributed by atoms with Crippen molar-refractivity contribution >= 4 is 34.9 Å². The molecule has 0 saturated heterocycles. The monoisotopic (exact) mass is 503 g/mol. The van der Waals surface area contributed by atoms with Crippen LogP contribution < -0.4 is 19.7 Å². The maximum Gasteiger partial charge on any atom is 0.299 e. The Morgan fingerprint density at radius 3 is 2.54 bits per heavy atom. The Morgan fingerprint density at radius 2 is 1.76 bits per heavy atom. The van der Waals surface area contributed by atoms with Gasteiger partial charge in [0.2, 0.25) is 18.6 Å². The van der Waals surface area contributed by atoms with E-state index in [0.717, 1.165) is 4.90 Å². The number of hydrogen-bond acceptors (Lipinski definition) is 6. The highest BCUT2D eigenvalue weighted by Gasteiger charge is 2.38. The number of anilines is 2. The number of Topliss-reactive ketones (excluding diaryl/α,β-unsaturated/α-hetero) is 1. The van der Waals surface area contributed by atoms with Crippen molar-refractivity contribution < 1.29 is 33.0 Å². The first kappa shape index (κ1) is 24.0. The molecule has 3 aromatic carbocycles. The zero-order valence-corrected chi connectivity index (χ0v) is 19.8. The highest BCUT2D eigenvalue weighted by Crippen LogP contribution is 2.34. The van der Waals surface area contributed by atoms with Crippen LogP contribution in [0, 0.1) is 5.82 Å². The van der Waals surface area contributed by atoms with E-state index in [1.807, 2.05) is 0 Å². The molecule has 0 fully saturated rings. The number of rotatable bonds is 7. The largest absolute Gasteiger partial charge is 0.454 e. The van der Waals surface area contributed by atoms with Gasteiger partial charge in [0.05, 0.1) is 11.3 Å². The van der Waals surface area contributed by atoms with Gasteiger partial charge in [-0.1, -0.05) is 24.3 Å². The van der Waals surface area contributed by atoms with Gasteiger partial charge in [-0.05, 0) is 48.9 Å². The molecule has 0 spiro atoms. The predicted octanol–water partition coefficient (Wildman–Crippen LogP) is 3.14. The molecule has 10 heteroatoms. The van der Waals surface area contributed by atoms with Crippen LogP contribution in [0.3, 0.4) is 0 Å². The van der Waals surface area contributed by atoms with Crippen LogP contribution in [0.4, 0.5) is 15.8 Å². The third-order valence-electron chi connectivity index (χ3n) is 6.25. The number of para-hydroxylation sites is 1. The average Bonchev–Trinajstić information content (AvgIpc) is 3.46. The van der Waals surface area contributed by atoms with Crippen LogP contribution in [0.25, 0.3) is 0 Å². The van der Waals surface area contributed by atoms with Gasteiger partial charge in [0.1, 0.15) is 18.4 Å². The molecule has 1 atom stereocenters. The molecule has 0 aliphatic carbocycles. The fourth-order valence-electron chi connectivity index (χ4n) is 4.22. The van der Waals surface area contributed by atoms with Crippen LogP contribution in [0.2, 0.25) is 0 Å². The zero-order chi connectivity index (χ0) is 26.1. The number of ether oxygens (including phenoxy) is 2.